The van der Waals surface area contributed by atoms with Gasteiger partial charge in [-0.3, -0.25) is 14.0 Å². The highest BCUT2D eigenvalue weighted by Gasteiger charge is 2.31. The molecular formula is C39H39ClF2N6O6S. The second-order valence-corrected chi connectivity index (χ2v) is 16.4. The van der Waals surface area contributed by atoms with Gasteiger partial charge in [0.25, 0.3) is 5.56 Å². The summed E-state index contributed by atoms with van der Waals surface area (Å²) in [5.41, 5.74) is 0.704. The first kappa shape index (κ1) is 39.2. The van der Waals surface area contributed by atoms with Gasteiger partial charge in [0, 0.05) is 19.5 Å². The molecule has 0 radical (unpaired) electrons. The number of anilines is 1. The molecule has 12 nitrogen and oxygen atoms in total. The first-order chi connectivity index (χ1) is 25.8. The van der Waals surface area contributed by atoms with Gasteiger partial charge in [-0.25, -0.2) is 31.3 Å². The Balaban J connectivity index is 1.63. The molecule has 2 heterocycles. The number of nitrogens with one attached hydrogen (secondary N) is 1. The summed E-state index contributed by atoms with van der Waals surface area (Å²) in [5, 5.41) is 8.03. The molecule has 0 aliphatic rings. The van der Waals surface area contributed by atoms with Crippen LogP contribution in [0.2, 0.25) is 5.02 Å². The first-order valence-corrected chi connectivity index (χ1v) is 19.3. The average molecular weight is 793 g/mol. The lowest BCUT2D eigenvalue weighted by molar-refractivity contribution is 0.0500. The minimum atomic E-state index is -3.97. The zero-order valence-electron chi connectivity index (χ0n) is 31.1. The van der Waals surface area contributed by atoms with Crippen molar-refractivity contribution >= 4 is 55.3 Å². The fourth-order valence-electron chi connectivity index (χ4n) is 6.44. The van der Waals surface area contributed by atoms with Crippen molar-refractivity contribution in [2.75, 3.05) is 17.7 Å². The van der Waals surface area contributed by atoms with Crippen molar-refractivity contribution < 1.29 is 31.5 Å². The third-order valence-corrected chi connectivity index (χ3v) is 10.2. The van der Waals surface area contributed by atoms with Crippen molar-refractivity contribution in [3.05, 3.63) is 122 Å². The maximum atomic E-state index is 14.9. The van der Waals surface area contributed by atoms with Crippen molar-refractivity contribution in [1.82, 2.24) is 24.6 Å². The van der Waals surface area contributed by atoms with Gasteiger partial charge in [0.2, 0.25) is 10.0 Å². The molecule has 288 valence electrons. The van der Waals surface area contributed by atoms with Gasteiger partial charge in [0.15, 0.2) is 5.82 Å². The number of fused-ring (bicyclic) bond motifs is 2. The summed E-state index contributed by atoms with van der Waals surface area (Å²) >= 11 is 6.86. The Morgan fingerprint density at radius 3 is 2.29 bits per heavy atom. The van der Waals surface area contributed by atoms with Gasteiger partial charge in [-0.15, -0.1) is 0 Å². The number of aryl methyl sites for hydroxylation is 2. The lowest BCUT2D eigenvalue weighted by Crippen LogP contribution is -2.39. The topological polar surface area (TPSA) is 138 Å². The third-order valence-electron chi connectivity index (χ3n) is 8.76. The molecule has 2 aromatic heterocycles. The molecule has 0 spiro atoms. The molecule has 0 aliphatic carbocycles. The van der Waals surface area contributed by atoms with Gasteiger partial charge in [0.05, 0.1) is 58.5 Å². The number of nitrogens with zero attached hydrogens (tertiary/aromatic N) is 5. The number of carbonyl (C=O) groups excluding carboxylic acids is 1. The number of carbonyl (C=O) groups is 1. The molecule has 0 saturated carbocycles. The molecule has 55 heavy (non-hydrogen) atoms. The van der Waals surface area contributed by atoms with Crippen LogP contribution in [0.25, 0.3) is 27.5 Å². The third kappa shape index (κ3) is 8.27. The van der Waals surface area contributed by atoms with E-state index in [1.54, 1.807) is 83.3 Å². The van der Waals surface area contributed by atoms with Gasteiger partial charge >= 0.3 is 6.09 Å². The quantitative estimate of drug-likeness (QED) is 0.153. The van der Waals surface area contributed by atoms with E-state index >= 15 is 0 Å². The molecular weight excluding hydrogens is 754 g/mol. The van der Waals surface area contributed by atoms with Crippen LogP contribution < -0.4 is 19.9 Å². The van der Waals surface area contributed by atoms with Crippen molar-refractivity contribution in [3.8, 4) is 11.4 Å². The number of methoxy groups -OCH3 is 1. The predicted octanol–water partition coefficient (Wildman–Crippen LogP) is 7.30. The number of halogens is 3. The molecule has 6 rings (SSSR count). The van der Waals surface area contributed by atoms with Crippen LogP contribution in [0.3, 0.4) is 0 Å². The van der Waals surface area contributed by atoms with Crippen molar-refractivity contribution in [1.29, 1.82) is 0 Å². The normalized spacial score (nSPS) is 12.5. The van der Waals surface area contributed by atoms with Gasteiger partial charge in [0.1, 0.15) is 28.8 Å². The minimum Gasteiger partial charge on any atom is -0.497 e. The molecule has 0 aliphatic heterocycles. The van der Waals surface area contributed by atoms with Crippen LogP contribution in [0.15, 0.2) is 77.6 Å². The Kier molecular flexibility index (Phi) is 10.6. The number of ether oxygens (including phenoxy) is 2. The average Bonchev–Trinajstić information content (AvgIpc) is 3.43. The Bertz CT molecular complexity index is 2600. The zero-order valence-corrected chi connectivity index (χ0v) is 32.7. The SMILES string of the molecule is COc1ccc(CN(c2nn(C)c3c(-n4c(C(Cc5cc(F)cc(F)c5)NC(=O)OC(C)(C)C)nc5cccc(C)c5c4=O)ccc(Cl)c23)S(C)(=O)=O)cc1. The largest absolute Gasteiger partial charge is 0.497 e. The van der Waals surface area contributed by atoms with Crippen LogP contribution in [0, 0.1) is 18.6 Å². The molecule has 16 heteroatoms. The Hall–Kier alpha value is -5.54. The van der Waals surface area contributed by atoms with E-state index in [0.29, 0.717) is 22.4 Å². The number of hydrogen-bond donors (Lipinski definition) is 1. The smallest absolute Gasteiger partial charge is 0.408 e. The number of sulfonamides is 1. The molecule has 1 unspecified atom stereocenters. The fraction of sp³-hybridized carbons (Fsp3) is 0.282. The van der Waals surface area contributed by atoms with Gasteiger partial charge in [-0.2, -0.15) is 5.10 Å². The Morgan fingerprint density at radius 2 is 1.67 bits per heavy atom. The van der Waals surface area contributed by atoms with E-state index in [0.717, 1.165) is 28.8 Å². The van der Waals surface area contributed by atoms with Crippen LogP contribution in [0.5, 0.6) is 5.75 Å². The number of hydrogen-bond acceptors (Lipinski definition) is 8. The molecule has 1 atom stereocenters. The van der Waals surface area contributed by atoms with Crippen molar-refractivity contribution in [2.45, 2.75) is 52.3 Å². The molecule has 0 fully saturated rings. The summed E-state index contributed by atoms with van der Waals surface area (Å²) < 4.78 is 70.5. The zero-order chi connectivity index (χ0) is 40.0. The summed E-state index contributed by atoms with van der Waals surface area (Å²) in [7, 11) is -0.870. The van der Waals surface area contributed by atoms with Crippen LogP contribution in [-0.4, -0.2) is 52.8 Å². The van der Waals surface area contributed by atoms with Crippen molar-refractivity contribution in [3.63, 3.8) is 0 Å². The van der Waals surface area contributed by atoms with Gasteiger partial charge in [-0.05, 0) is 86.8 Å². The van der Waals surface area contributed by atoms with E-state index in [9.17, 15) is 26.8 Å². The number of rotatable bonds is 10. The highest BCUT2D eigenvalue weighted by molar-refractivity contribution is 7.92. The lowest BCUT2D eigenvalue weighted by atomic mass is 10.0. The van der Waals surface area contributed by atoms with E-state index in [4.69, 9.17) is 26.1 Å². The maximum Gasteiger partial charge on any atom is 0.408 e. The number of alkyl carbamates (subject to hydrolysis) is 1. The van der Waals surface area contributed by atoms with E-state index in [1.807, 2.05) is 0 Å². The highest BCUT2D eigenvalue weighted by Crippen LogP contribution is 2.38. The standard InChI is InChI=1S/C39H39ClF2N6O6S/c1-22-9-8-10-29-32(22)37(49)48(35(43-29)30(44-38(50)54-39(2,3)4)19-24-17-25(41)20-26(42)18-24)31-16-15-28(40)33-34(31)46(5)45-36(33)47(55(7,51)52)21-23-11-13-27(53-6)14-12-23/h8-18,20,30H,19,21H2,1-7H3,(H,44,50). The summed E-state index contributed by atoms with van der Waals surface area (Å²) in [6, 6.07) is 16.8. The van der Waals surface area contributed by atoms with Crippen LogP contribution in [-0.2, 0) is 34.8 Å². The number of amides is 1. The maximum absolute atomic E-state index is 14.9. The van der Waals surface area contributed by atoms with Gasteiger partial charge in [-0.1, -0.05) is 35.9 Å². The monoisotopic (exact) mass is 792 g/mol. The summed E-state index contributed by atoms with van der Waals surface area (Å²) in [5.74, 6) is -1.09. The highest BCUT2D eigenvalue weighted by atomic mass is 35.5. The molecule has 0 bridgehead atoms. The Morgan fingerprint density at radius 1 is 1.00 bits per heavy atom. The fourth-order valence-corrected chi connectivity index (χ4v) is 7.50. The van der Waals surface area contributed by atoms with Crippen molar-refractivity contribution in [2.24, 2.45) is 7.05 Å². The van der Waals surface area contributed by atoms with E-state index in [2.05, 4.69) is 10.4 Å². The molecule has 1 amide bonds. The summed E-state index contributed by atoms with van der Waals surface area (Å²) in [4.78, 5) is 33.2. The van der Waals surface area contributed by atoms with E-state index in [1.165, 1.54) is 22.4 Å². The predicted molar refractivity (Wildman–Crippen MR) is 208 cm³/mol. The lowest BCUT2D eigenvalue weighted by Gasteiger charge is -2.26. The van der Waals surface area contributed by atoms with E-state index in [-0.39, 0.29) is 57.2 Å². The molecule has 6 aromatic rings. The number of aromatic nitrogens is 4. The van der Waals surface area contributed by atoms with Crippen LogP contribution in [0.1, 0.15) is 49.3 Å². The second kappa shape index (κ2) is 14.9. The van der Waals surface area contributed by atoms with E-state index < -0.39 is 45.0 Å². The number of benzene rings is 4. The summed E-state index contributed by atoms with van der Waals surface area (Å²) in [6.07, 6.45) is -0.0318. The first-order valence-electron chi connectivity index (χ1n) is 17.1. The Labute approximate surface area is 321 Å². The molecule has 4 aromatic carbocycles. The van der Waals surface area contributed by atoms with Crippen LogP contribution in [0.4, 0.5) is 19.4 Å². The minimum absolute atomic E-state index is 0.000798. The summed E-state index contributed by atoms with van der Waals surface area (Å²) in [6.45, 7) is 6.67. The molecule has 0 saturated heterocycles. The van der Waals surface area contributed by atoms with Crippen LogP contribution >= 0.6 is 11.6 Å². The molecule has 1 N–H and O–H groups in total. The second-order valence-electron chi connectivity index (χ2n) is 14.1. The van der Waals surface area contributed by atoms with Gasteiger partial charge < -0.3 is 14.8 Å².